The van der Waals surface area contributed by atoms with Crippen molar-refractivity contribution in [2.45, 2.75) is 13.0 Å². The van der Waals surface area contributed by atoms with Crippen molar-refractivity contribution in [3.05, 3.63) is 34.3 Å². The van der Waals surface area contributed by atoms with E-state index in [1.54, 1.807) is 13.0 Å². The molecule has 0 aliphatic carbocycles. The number of rotatable bonds is 2. The summed E-state index contributed by atoms with van der Waals surface area (Å²) in [7, 11) is 0. The molecule has 0 radical (unpaired) electrons. The zero-order chi connectivity index (χ0) is 11.7. The SMILES string of the molecule is C=C(C)C(O)c1cc(Br)c2c(c1)OCCO2. The molecule has 1 unspecified atom stereocenters. The molecule has 0 amide bonds. The molecule has 0 bridgehead atoms. The summed E-state index contributed by atoms with van der Waals surface area (Å²) in [5.41, 5.74) is 1.45. The maximum Gasteiger partial charge on any atom is 0.175 e. The lowest BCUT2D eigenvalue weighted by Gasteiger charge is -2.21. The summed E-state index contributed by atoms with van der Waals surface area (Å²) in [6.07, 6.45) is -0.674. The van der Waals surface area contributed by atoms with Gasteiger partial charge in [-0.05, 0) is 46.1 Å². The standard InChI is InChI=1S/C12H13BrO3/c1-7(2)11(14)8-5-9(13)12-10(6-8)15-3-4-16-12/h5-6,11,14H,1,3-4H2,2H3. The van der Waals surface area contributed by atoms with Gasteiger partial charge in [0.1, 0.15) is 13.2 Å². The molecule has 3 nitrogen and oxygen atoms in total. The molecular formula is C12H13BrO3. The number of fused-ring (bicyclic) bond motifs is 1. The van der Waals surface area contributed by atoms with Crippen molar-refractivity contribution in [3.8, 4) is 11.5 Å². The molecule has 1 aromatic rings. The Balaban J connectivity index is 2.42. The van der Waals surface area contributed by atoms with Crippen molar-refractivity contribution >= 4 is 15.9 Å². The molecule has 0 aromatic heterocycles. The van der Waals surface area contributed by atoms with E-state index in [0.717, 1.165) is 10.0 Å². The number of hydrogen-bond acceptors (Lipinski definition) is 3. The smallest absolute Gasteiger partial charge is 0.175 e. The van der Waals surface area contributed by atoms with Gasteiger partial charge in [0.15, 0.2) is 11.5 Å². The van der Waals surface area contributed by atoms with Crippen LogP contribution in [0.1, 0.15) is 18.6 Å². The highest BCUT2D eigenvalue weighted by atomic mass is 79.9. The zero-order valence-corrected chi connectivity index (χ0v) is 10.6. The van der Waals surface area contributed by atoms with E-state index in [1.165, 1.54) is 0 Å². The van der Waals surface area contributed by atoms with Crippen molar-refractivity contribution < 1.29 is 14.6 Å². The summed E-state index contributed by atoms with van der Waals surface area (Å²) in [5, 5.41) is 9.91. The van der Waals surface area contributed by atoms with E-state index in [9.17, 15) is 5.11 Å². The third kappa shape index (κ3) is 2.08. The molecule has 4 heteroatoms. The van der Waals surface area contributed by atoms with Crippen molar-refractivity contribution in [1.29, 1.82) is 0 Å². The fourth-order valence-electron chi connectivity index (χ4n) is 1.57. The highest BCUT2D eigenvalue weighted by molar-refractivity contribution is 9.10. The molecule has 86 valence electrons. The summed E-state index contributed by atoms with van der Waals surface area (Å²) >= 11 is 3.40. The fourth-order valence-corrected chi connectivity index (χ4v) is 2.15. The highest BCUT2D eigenvalue weighted by Crippen LogP contribution is 2.40. The van der Waals surface area contributed by atoms with E-state index < -0.39 is 6.10 Å². The van der Waals surface area contributed by atoms with Gasteiger partial charge in [-0.3, -0.25) is 0 Å². The molecule has 1 atom stereocenters. The van der Waals surface area contributed by atoms with Gasteiger partial charge < -0.3 is 14.6 Å². The Kier molecular flexibility index (Phi) is 3.21. The highest BCUT2D eigenvalue weighted by Gasteiger charge is 2.19. The topological polar surface area (TPSA) is 38.7 Å². The molecule has 0 saturated heterocycles. The zero-order valence-electron chi connectivity index (χ0n) is 9.00. The second-order valence-corrected chi connectivity index (χ2v) is 4.63. The van der Waals surface area contributed by atoms with Gasteiger partial charge in [0.2, 0.25) is 0 Å². The molecule has 0 fully saturated rings. The first-order chi connectivity index (χ1) is 7.59. The molecule has 1 aliphatic heterocycles. The lowest BCUT2D eigenvalue weighted by molar-refractivity contribution is 0.168. The fraction of sp³-hybridized carbons (Fsp3) is 0.333. The summed E-state index contributed by atoms with van der Waals surface area (Å²) < 4.78 is 11.7. The predicted molar refractivity (Wildman–Crippen MR) is 64.9 cm³/mol. The minimum atomic E-state index is -0.674. The van der Waals surface area contributed by atoms with Crippen LogP contribution in [0.2, 0.25) is 0 Å². The van der Waals surface area contributed by atoms with Gasteiger partial charge in [0.05, 0.1) is 10.6 Å². The monoisotopic (exact) mass is 284 g/mol. The van der Waals surface area contributed by atoms with Crippen LogP contribution in [0, 0.1) is 0 Å². The van der Waals surface area contributed by atoms with Crippen LogP contribution in [0.5, 0.6) is 11.5 Å². The van der Waals surface area contributed by atoms with E-state index in [0.29, 0.717) is 30.3 Å². The first kappa shape index (κ1) is 11.5. The molecule has 1 aromatic carbocycles. The number of aliphatic hydroxyl groups is 1. The molecule has 1 aliphatic rings. The van der Waals surface area contributed by atoms with E-state index >= 15 is 0 Å². The summed E-state index contributed by atoms with van der Waals surface area (Å²) in [5.74, 6) is 1.36. The van der Waals surface area contributed by atoms with Crippen molar-refractivity contribution in [2.24, 2.45) is 0 Å². The van der Waals surface area contributed by atoms with Crippen LogP contribution in [0.25, 0.3) is 0 Å². The first-order valence-corrected chi connectivity index (χ1v) is 5.81. The second kappa shape index (κ2) is 4.47. The average Bonchev–Trinajstić information content (AvgIpc) is 2.28. The Hall–Kier alpha value is -1.00. The maximum absolute atomic E-state index is 9.91. The van der Waals surface area contributed by atoms with E-state index in [2.05, 4.69) is 22.5 Å². The molecule has 0 saturated carbocycles. The van der Waals surface area contributed by atoms with E-state index in [4.69, 9.17) is 9.47 Å². The van der Waals surface area contributed by atoms with Crippen LogP contribution in [0.15, 0.2) is 28.8 Å². The minimum absolute atomic E-state index is 0.534. The van der Waals surface area contributed by atoms with Crippen LogP contribution < -0.4 is 9.47 Å². The molecular weight excluding hydrogens is 272 g/mol. The largest absolute Gasteiger partial charge is 0.486 e. The van der Waals surface area contributed by atoms with E-state index in [-0.39, 0.29) is 0 Å². The number of ether oxygens (including phenoxy) is 2. The quantitative estimate of drug-likeness (QED) is 0.849. The lowest BCUT2D eigenvalue weighted by atomic mass is 10.0. The third-order valence-corrected chi connectivity index (χ3v) is 2.99. The van der Waals surface area contributed by atoms with Gasteiger partial charge in [0.25, 0.3) is 0 Å². The molecule has 1 N–H and O–H groups in total. The lowest BCUT2D eigenvalue weighted by Crippen LogP contribution is -2.16. The second-order valence-electron chi connectivity index (χ2n) is 3.78. The van der Waals surface area contributed by atoms with Crippen molar-refractivity contribution in [1.82, 2.24) is 0 Å². The Morgan fingerprint density at radius 2 is 2.12 bits per heavy atom. The van der Waals surface area contributed by atoms with Gasteiger partial charge in [-0.2, -0.15) is 0 Å². The Labute approximate surface area is 103 Å². The number of aliphatic hydroxyl groups excluding tert-OH is 1. The predicted octanol–water partition coefficient (Wildman–Crippen LogP) is 2.83. The number of benzene rings is 1. The van der Waals surface area contributed by atoms with Crippen LogP contribution in [-0.4, -0.2) is 18.3 Å². The molecule has 2 rings (SSSR count). The number of hydrogen-bond donors (Lipinski definition) is 1. The van der Waals surface area contributed by atoms with Crippen LogP contribution in [0.3, 0.4) is 0 Å². The van der Waals surface area contributed by atoms with Crippen LogP contribution in [-0.2, 0) is 0 Å². The minimum Gasteiger partial charge on any atom is -0.486 e. The van der Waals surface area contributed by atoms with Crippen molar-refractivity contribution in [3.63, 3.8) is 0 Å². The Bertz CT molecular complexity index is 429. The summed E-state index contributed by atoms with van der Waals surface area (Å²) in [6, 6.07) is 3.62. The Morgan fingerprint density at radius 1 is 1.44 bits per heavy atom. The normalized spacial score (nSPS) is 15.7. The first-order valence-electron chi connectivity index (χ1n) is 5.02. The molecule has 0 spiro atoms. The van der Waals surface area contributed by atoms with Gasteiger partial charge in [-0.1, -0.05) is 6.58 Å². The maximum atomic E-state index is 9.91. The van der Waals surface area contributed by atoms with Gasteiger partial charge in [0, 0.05) is 0 Å². The van der Waals surface area contributed by atoms with Gasteiger partial charge in [-0.15, -0.1) is 0 Å². The van der Waals surface area contributed by atoms with E-state index in [1.807, 2.05) is 6.07 Å². The van der Waals surface area contributed by atoms with Crippen molar-refractivity contribution in [2.75, 3.05) is 13.2 Å². The van der Waals surface area contributed by atoms with Crippen LogP contribution >= 0.6 is 15.9 Å². The third-order valence-electron chi connectivity index (χ3n) is 2.40. The average molecular weight is 285 g/mol. The molecule has 1 heterocycles. The summed E-state index contributed by atoms with van der Waals surface area (Å²) in [4.78, 5) is 0. The van der Waals surface area contributed by atoms with Gasteiger partial charge >= 0.3 is 0 Å². The number of halogens is 1. The van der Waals surface area contributed by atoms with Crippen LogP contribution in [0.4, 0.5) is 0 Å². The van der Waals surface area contributed by atoms with Gasteiger partial charge in [-0.25, -0.2) is 0 Å². The summed E-state index contributed by atoms with van der Waals surface area (Å²) in [6.45, 7) is 6.61. The molecule has 16 heavy (non-hydrogen) atoms. The Morgan fingerprint density at radius 3 is 2.81 bits per heavy atom.